The molecule has 1 aliphatic rings. The molecule has 114 valence electrons. The maximum Gasteiger partial charge on any atom is 0.244 e. The van der Waals surface area contributed by atoms with Crippen molar-refractivity contribution >= 4 is 23.3 Å². The number of aliphatic hydroxyl groups is 1. The summed E-state index contributed by atoms with van der Waals surface area (Å²) >= 11 is 1.58. The molecule has 1 atom stereocenters. The number of carbonyl (C=O) groups excluding carboxylic acids is 1. The topological polar surface area (TPSA) is 58.6 Å². The van der Waals surface area contributed by atoms with Crippen LogP contribution in [-0.4, -0.2) is 24.2 Å². The standard InChI is InChI=1S/C17H17NO3S/c19-16(6-5-13-7-10-22-11-13)18-12-17(20)8-9-21-15-4-2-1-3-14(15)17/h1-7,10-11,20H,8-9,12H2,(H,18,19)/b6-5+. The van der Waals surface area contributed by atoms with E-state index in [0.29, 0.717) is 18.8 Å². The largest absolute Gasteiger partial charge is 0.493 e. The second kappa shape index (κ2) is 6.34. The summed E-state index contributed by atoms with van der Waals surface area (Å²) in [6, 6.07) is 9.33. The number of hydrogen-bond donors (Lipinski definition) is 2. The lowest BCUT2D eigenvalue weighted by molar-refractivity contribution is -0.118. The van der Waals surface area contributed by atoms with Gasteiger partial charge in [-0.05, 0) is 34.5 Å². The molecule has 1 aromatic heterocycles. The Labute approximate surface area is 133 Å². The molecule has 2 heterocycles. The first-order valence-electron chi connectivity index (χ1n) is 7.10. The van der Waals surface area contributed by atoms with E-state index in [2.05, 4.69) is 5.32 Å². The summed E-state index contributed by atoms with van der Waals surface area (Å²) in [5, 5.41) is 17.5. The van der Waals surface area contributed by atoms with E-state index >= 15 is 0 Å². The molecule has 0 aliphatic carbocycles. The zero-order chi connectivity index (χ0) is 15.4. The first kappa shape index (κ1) is 14.8. The minimum Gasteiger partial charge on any atom is -0.493 e. The number of nitrogens with one attached hydrogen (secondary N) is 1. The maximum atomic E-state index is 11.9. The Balaban J connectivity index is 1.65. The molecule has 0 fully saturated rings. The number of para-hydroxylation sites is 1. The Kier molecular flexibility index (Phi) is 4.27. The van der Waals surface area contributed by atoms with Gasteiger partial charge in [0.1, 0.15) is 11.4 Å². The lowest BCUT2D eigenvalue weighted by Crippen LogP contribution is -2.43. The molecule has 1 aliphatic heterocycles. The molecule has 5 heteroatoms. The van der Waals surface area contributed by atoms with Gasteiger partial charge in [0.25, 0.3) is 0 Å². The van der Waals surface area contributed by atoms with Crippen molar-refractivity contribution in [1.82, 2.24) is 5.32 Å². The number of rotatable bonds is 4. The Morgan fingerprint density at radius 3 is 3.09 bits per heavy atom. The van der Waals surface area contributed by atoms with Crippen molar-refractivity contribution in [3.63, 3.8) is 0 Å². The second-order valence-corrected chi connectivity index (χ2v) is 6.01. The number of fused-ring (bicyclic) bond motifs is 1. The van der Waals surface area contributed by atoms with Crippen LogP contribution in [0.15, 0.2) is 47.2 Å². The maximum absolute atomic E-state index is 11.9. The van der Waals surface area contributed by atoms with Crippen LogP contribution in [0.2, 0.25) is 0 Å². The summed E-state index contributed by atoms with van der Waals surface area (Å²) in [6.45, 7) is 0.605. The zero-order valence-corrected chi connectivity index (χ0v) is 12.8. The van der Waals surface area contributed by atoms with Crippen molar-refractivity contribution < 1.29 is 14.6 Å². The molecule has 0 spiro atoms. The molecule has 0 bridgehead atoms. The van der Waals surface area contributed by atoms with Gasteiger partial charge in [0, 0.05) is 18.1 Å². The predicted octanol–water partition coefficient (Wildman–Crippen LogP) is 2.55. The van der Waals surface area contributed by atoms with Crippen molar-refractivity contribution in [2.24, 2.45) is 0 Å². The van der Waals surface area contributed by atoms with Gasteiger partial charge in [0.05, 0.1) is 13.2 Å². The summed E-state index contributed by atoms with van der Waals surface area (Å²) in [6.07, 6.45) is 3.70. The van der Waals surface area contributed by atoms with Crippen molar-refractivity contribution in [3.8, 4) is 5.75 Å². The summed E-state index contributed by atoms with van der Waals surface area (Å²) in [7, 11) is 0. The highest BCUT2D eigenvalue weighted by molar-refractivity contribution is 7.08. The Morgan fingerprint density at radius 1 is 1.41 bits per heavy atom. The molecule has 0 saturated heterocycles. The zero-order valence-electron chi connectivity index (χ0n) is 12.0. The lowest BCUT2D eigenvalue weighted by Gasteiger charge is -2.34. The molecule has 3 rings (SSSR count). The molecular weight excluding hydrogens is 298 g/mol. The van der Waals surface area contributed by atoms with E-state index in [9.17, 15) is 9.90 Å². The van der Waals surface area contributed by atoms with E-state index in [1.807, 2.05) is 41.1 Å². The van der Waals surface area contributed by atoms with E-state index in [0.717, 1.165) is 11.1 Å². The second-order valence-electron chi connectivity index (χ2n) is 5.23. The molecule has 2 aromatic rings. The van der Waals surface area contributed by atoms with Gasteiger partial charge in [-0.1, -0.05) is 18.2 Å². The molecule has 0 saturated carbocycles. The van der Waals surface area contributed by atoms with Gasteiger partial charge in [0.2, 0.25) is 5.91 Å². The van der Waals surface area contributed by atoms with Gasteiger partial charge in [0.15, 0.2) is 0 Å². The number of benzene rings is 1. The minimum absolute atomic E-state index is 0.167. The number of thiophene rings is 1. The first-order valence-corrected chi connectivity index (χ1v) is 8.04. The summed E-state index contributed by atoms with van der Waals surface area (Å²) in [5.74, 6) is 0.461. The van der Waals surface area contributed by atoms with Crippen molar-refractivity contribution in [2.75, 3.05) is 13.2 Å². The highest BCUT2D eigenvalue weighted by Gasteiger charge is 2.35. The van der Waals surface area contributed by atoms with E-state index in [-0.39, 0.29) is 12.5 Å². The molecule has 1 amide bonds. The first-order chi connectivity index (χ1) is 10.7. The minimum atomic E-state index is -1.08. The third-order valence-corrected chi connectivity index (χ3v) is 4.39. The SMILES string of the molecule is O=C(/C=C/c1ccsc1)NCC1(O)CCOc2ccccc21. The van der Waals surface area contributed by atoms with E-state index in [1.165, 1.54) is 6.08 Å². The highest BCUT2D eigenvalue weighted by atomic mass is 32.1. The Bertz CT molecular complexity index is 681. The smallest absolute Gasteiger partial charge is 0.244 e. The lowest BCUT2D eigenvalue weighted by atomic mass is 9.88. The Morgan fingerprint density at radius 2 is 2.27 bits per heavy atom. The monoisotopic (exact) mass is 315 g/mol. The van der Waals surface area contributed by atoms with Crippen LogP contribution >= 0.6 is 11.3 Å². The van der Waals surface area contributed by atoms with Gasteiger partial charge < -0.3 is 15.2 Å². The normalized spacial score (nSPS) is 20.4. The van der Waals surface area contributed by atoms with E-state index in [4.69, 9.17) is 4.74 Å². The van der Waals surface area contributed by atoms with Crippen LogP contribution in [0, 0.1) is 0 Å². The average molecular weight is 315 g/mol. The quantitative estimate of drug-likeness (QED) is 0.853. The number of carbonyl (C=O) groups is 1. The number of ether oxygens (including phenoxy) is 1. The molecule has 1 aromatic carbocycles. The van der Waals surface area contributed by atoms with Crippen LogP contribution in [-0.2, 0) is 10.4 Å². The fourth-order valence-corrected chi connectivity index (χ4v) is 3.09. The highest BCUT2D eigenvalue weighted by Crippen LogP contribution is 2.36. The summed E-state index contributed by atoms with van der Waals surface area (Å²) in [4.78, 5) is 11.9. The molecular formula is C17H17NO3S. The van der Waals surface area contributed by atoms with E-state index < -0.39 is 5.60 Å². The van der Waals surface area contributed by atoms with Gasteiger partial charge in [-0.25, -0.2) is 0 Å². The molecule has 2 N–H and O–H groups in total. The van der Waals surface area contributed by atoms with Crippen LogP contribution in [0.3, 0.4) is 0 Å². The van der Waals surface area contributed by atoms with Gasteiger partial charge in [-0.3, -0.25) is 4.79 Å². The third kappa shape index (κ3) is 3.21. The molecule has 1 unspecified atom stereocenters. The van der Waals surface area contributed by atoms with Crippen LogP contribution in [0.25, 0.3) is 6.08 Å². The van der Waals surface area contributed by atoms with Crippen molar-refractivity contribution in [1.29, 1.82) is 0 Å². The van der Waals surface area contributed by atoms with Crippen molar-refractivity contribution in [2.45, 2.75) is 12.0 Å². The number of hydrogen-bond acceptors (Lipinski definition) is 4. The van der Waals surface area contributed by atoms with Crippen LogP contribution in [0.1, 0.15) is 17.5 Å². The molecule has 4 nitrogen and oxygen atoms in total. The fourth-order valence-electron chi connectivity index (χ4n) is 2.46. The average Bonchev–Trinajstić information content (AvgIpc) is 3.05. The molecule has 0 radical (unpaired) electrons. The van der Waals surface area contributed by atoms with Gasteiger partial charge >= 0.3 is 0 Å². The summed E-state index contributed by atoms with van der Waals surface area (Å²) < 4.78 is 5.54. The fraction of sp³-hybridized carbons (Fsp3) is 0.235. The van der Waals surface area contributed by atoms with E-state index in [1.54, 1.807) is 17.4 Å². The Hall–Kier alpha value is -2.11. The predicted molar refractivity (Wildman–Crippen MR) is 86.8 cm³/mol. The van der Waals surface area contributed by atoms with Gasteiger partial charge in [-0.2, -0.15) is 11.3 Å². The third-order valence-electron chi connectivity index (χ3n) is 3.69. The van der Waals surface area contributed by atoms with Crippen LogP contribution in [0.5, 0.6) is 5.75 Å². The summed E-state index contributed by atoms with van der Waals surface area (Å²) in [5.41, 5.74) is 0.638. The van der Waals surface area contributed by atoms with Crippen LogP contribution < -0.4 is 10.1 Å². The van der Waals surface area contributed by atoms with Crippen LogP contribution in [0.4, 0.5) is 0 Å². The number of amides is 1. The van der Waals surface area contributed by atoms with Gasteiger partial charge in [-0.15, -0.1) is 0 Å². The van der Waals surface area contributed by atoms with Crippen molar-refractivity contribution in [3.05, 3.63) is 58.3 Å². The molecule has 22 heavy (non-hydrogen) atoms.